The van der Waals surface area contributed by atoms with E-state index >= 15 is 0 Å². The molecule has 7 nitrogen and oxygen atoms in total. The maximum atomic E-state index is 11.9. The number of amides is 5. The Bertz CT molecular complexity index is 306. The first-order valence-electron chi connectivity index (χ1n) is 5.44. The Morgan fingerprint density at radius 2 is 1.65 bits per heavy atom. The van der Waals surface area contributed by atoms with E-state index in [1.165, 1.54) is 19.0 Å². The van der Waals surface area contributed by atoms with Crippen molar-refractivity contribution >= 4 is 18.0 Å². The number of rotatable bonds is 3. The summed E-state index contributed by atoms with van der Waals surface area (Å²) in [5.74, 6) is -0.435. The van der Waals surface area contributed by atoms with E-state index in [1.807, 2.05) is 0 Å². The first-order valence-corrected chi connectivity index (χ1v) is 5.44. The summed E-state index contributed by atoms with van der Waals surface area (Å²) in [4.78, 5) is 35.6. The van der Waals surface area contributed by atoms with Crippen LogP contribution in [0.15, 0.2) is 0 Å². The Hall–Kier alpha value is -1.63. The van der Waals surface area contributed by atoms with Gasteiger partial charge in [0.2, 0.25) is 5.91 Å². The number of carbonyl (C=O) groups is 3. The molecule has 0 aromatic heterocycles. The van der Waals surface area contributed by atoms with Crippen LogP contribution in [0.2, 0.25) is 0 Å². The van der Waals surface area contributed by atoms with Gasteiger partial charge in [-0.3, -0.25) is 4.79 Å². The molecule has 0 aliphatic rings. The molecule has 98 valence electrons. The SMILES string of the molecule is CCNC(=O)N(C)C(=O)N(C(C)=O)N(C)CC. The minimum Gasteiger partial charge on any atom is -0.338 e. The molecule has 0 aromatic rings. The highest BCUT2D eigenvalue weighted by molar-refractivity contribution is 6.00. The Kier molecular flexibility index (Phi) is 6.19. The normalized spacial score (nSPS) is 10.0. The average Bonchev–Trinajstić information content (AvgIpc) is 2.27. The summed E-state index contributed by atoms with van der Waals surface area (Å²) in [5, 5.41) is 4.86. The van der Waals surface area contributed by atoms with Crippen LogP contribution in [0.1, 0.15) is 20.8 Å². The van der Waals surface area contributed by atoms with E-state index in [2.05, 4.69) is 5.32 Å². The smallest absolute Gasteiger partial charge is 0.338 e. The molecular formula is C10H20N4O3. The second-order valence-corrected chi connectivity index (χ2v) is 3.48. The molecule has 0 aromatic carbocycles. The van der Waals surface area contributed by atoms with E-state index in [4.69, 9.17) is 0 Å². The van der Waals surface area contributed by atoms with E-state index in [0.29, 0.717) is 13.1 Å². The minimum atomic E-state index is -0.673. The van der Waals surface area contributed by atoms with Crippen LogP contribution in [0.4, 0.5) is 9.59 Å². The van der Waals surface area contributed by atoms with Crippen molar-refractivity contribution in [3.63, 3.8) is 0 Å². The van der Waals surface area contributed by atoms with Gasteiger partial charge in [0.15, 0.2) is 0 Å². The predicted octanol–water partition coefficient (Wildman–Crippen LogP) is 0.483. The molecule has 0 aliphatic carbocycles. The lowest BCUT2D eigenvalue weighted by Crippen LogP contribution is -2.55. The molecule has 0 rings (SSSR count). The number of imide groups is 2. The fourth-order valence-corrected chi connectivity index (χ4v) is 1.16. The second-order valence-electron chi connectivity index (χ2n) is 3.48. The molecule has 0 fully saturated rings. The topological polar surface area (TPSA) is 73.0 Å². The molecule has 0 saturated heterocycles. The molecule has 0 spiro atoms. The van der Waals surface area contributed by atoms with Gasteiger partial charge >= 0.3 is 12.1 Å². The second kappa shape index (κ2) is 6.85. The van der Waals surface area contributed by atoms with Gasteiger partial charge in [0.05, 0.1) is 0 Å². The van der Waals surface area contributed by atoms with E-state index in [0.717, 1.165) is 9.91 Å². The van der Waals surface area contributed by atoms with Gasteiger partial charge in [-0.2, -0.15) is 5.01 Å². The monoisotopic (exact) mass is 244 g/mol. The molecule has 0 unspecified atom stereocenters. The van der Waals surface area contributed by atoms with Gasteiger partial charge in [0, 0.05) is 34.1 Å². The molecule has 0 radical (unpaired) electrons. The van der Waals surface area contributed by atoms with Crippen LogP contribution in [0.25, 0.3) is 0 Å². The van der Waals surface area contributed by atoms with Crippen molar-refractivity contribution in [2.75, 3.05) is 27.2 Å². The minimum absolute atomic E-state index is 0.417. The molecule has 0 atom stereocenters. The predicted molar refractivity (Wildman–Crippen MR) is 63.1 cm³/mol. The molecule has 7 heteroatoms. The number of hydrogen-bond donors (Lipinski definition) is 1. The third-order valence-corrected chi connectivity index (χ3v) is 2.20. The Morgan fingerprint density at radius 1 is 1.12 bits per heavy atom. The van der Waals surface area contributed by atoms with Crippen LogP contribution in [-0.2, 0) is 4.79 Å². The van der Waals surface area contributed by atoms with Crippen LogP contribution in [0, 0.1) is 0 Å². The van der Waals surface area contributed by atoms with Crippen molar-refractivity contribution in [3.05, 3.63) is 0 Å². The van der Waals surface area contributed by atoms with E-state index in [1.54, 1.807) is 20.9 Å². The fourth-order valence-electron chi connectivity index (χ4n) is 1.16. The zero-order valence-electron chi connectivity index (χ0n) is 11.0. The molecule has 5 amide bonds. The van der Waals surface area contributed by atoms with Gasteiger partial charge in [0.1, 0.15) is 0 Å². The Balaban J connectivity index is 4.84. The maximum Gasteiger partial charge on any atom is 0.349 e. The number of nitrogens with zero attached hydrogens (tertiary/aromatic N) is 3. The van der Waals surface area contributed by atoms with Crippen molar-refractivity contribution in [2.45, 2.75) is 20.8 Å². The highest BCUT2D eigenvalue weighted by atomic mass is 16.2. The van der Waals surface area contributed by atoms with Crippen LogP contribution in [0.3, 0.4) is 0 Å². The molecular weight excluding hydrogens is 224 g/mol. The lowest BCUT2D eigenvalue weighted by atomic mass is 10.6. The first kappa shape index (κ1) is 15.4. The quantitative estimate of drug-likeness (QED) is 0.733. The lowest BCUT2D eigenvalue weighted by molar-refractivity contribution is -0.137. The highest BCUT2D eigenvalue weighted by Gasteiger charge is 2.28. The van der Waals surface area contributed by atoms with Crippen LogP contribution < -0.4 is 5.32 Å². The summed E-state index contributed by atoms with van der Waals surface area (Å²) < 4.78 is 0. The number of urea groups is 2. The van der Waals surface area contributed by atoms with Crippen molar-refractivity contribution in [1.29, 1.82) is 0 Å². The molecule has 0 aliphatic heterocycles. The molecule has 0 heterocycles. The van der Waals surface area contributed by atoms with Crippen LogP contribution in [-0.4, -0.2) is 60.1 Å². The Morgan fingerprint density at radius 3 is 2.00 bits per heavy atom. The number of carbonyl (C=O) groups excluding carboxylic acids is 3. The van der Waals surface area contributed by atoms with E-state index in [9.17, 15) is 14.4 Å². The molecule has 0 bridgehead atoms. The number of nitrogens with one attached hydrogen (secondary N) is 1. The van der Waals surface area contributed by atoms with Crippen molar-refractivity contribution in [3.8, 4) is 0 Å². The summed E-state index contributed by atoms with van der Waals surface area (Å²) in [7, 11) is 2.93. The average molecular weight is 244 g/mol. The van der Waals surface area contributed by atoms with Gasteiger partial charge < -0.3 is 5.32 Å². The van der Waals surface area contributed by atoms with Crippen molar-refractivity contribution < 1.29 is 14.4 Å². The van der Waals surface area contributed by atoms with Crippen molar-refractivity contribution in [1.82, 2.24) is 20.2 Å². The molecule has 1 N–H and O–H groups in total. The van der Waals surface area contributed by atoms with Gasteiger partial charge in [-0.05, 0) is 6.92 Å². The summed E-state index contributed by atoms with van der Waals surface area (Å²) >= 11 is 0. The standard InChI is InChI=1S/C10H20N4O3/c1-6-11-9(16)13(5)10(17)14(8(3)15)12(4)7-2/h6-7H2,1-5H3,(H,11,16). The molecule has 17 heavy (non-hydrogen) atoms. The van der Waals surface area contributed by atoms with E-state index < -0.39 is 18.0 Å². The summed E-state index contributed by atoms with van der Waals surface area (Å²) in [6.45, 7) is 5.72. The van der Waals surface area contributed by atoms with Crippen molar-refractivity contribution in [2.24, 2.45) is 0 Å². The lowest BCUT2D eigenvalue weighted by Gasteiger charge is -2.30. The first-order chi connectivity index (χ1) is 7.86. The third-order valence-electron chi connectivity index (χ3n) is 2.20. The Labute approximate surface area is 101 Å². The highest BCUT2D eigenvalue weighted by Crippen LogP contribution is 2.02. The summed E-state index contributed by atoms with van der Waals surface area (Å²) in [5.41, 5.74) is 0. The summed E-state index contributed by atoms with van der Waals surface area (Å²) in [6.07, 6.45) is 0. The van der Waals surface area contributed by atoms with Gasteiger partial charge in [-0.1, -0.05) is 6.92 Å². The zero-order valence-corrected chi connectivity index (χ0v) is 11.0. The number of hydrogen-bond acceptors (Lipinski definition) is 4. The van der Waals surface area contributed by atoms with Crippen LogP contribution in [0.5, 0.6) is 0 Å². The fraction of sp³-hybridized carbons (Fsp3) is 0.700. The largest absolute Gasteiger partial charge is 0.349 e. The zero-order chi connectivity index (χ0) is 13.6. The van der Waals surface area contributed by atoms with Crippen LogP contribution >= 0.6 is 0 Å². The third kappa shape index (κ3) is 4.03. The van der Waals surface area contributed by atoms with Gasteiger partial charge in [-0.15, -0.1) is 0 Å². The van der Waals surface area contributed by atoms with Gasteiger partial charge in [0.25, 0.3) is 0 Å². The van der Waals surface area contributed by atoms with Gasteiger partial charge in [-0.25, -0.2) is 19.5 Å². The molecule has 0 saturated carbocycles. The maximum absolute atomic E-state index is 11.9. The van der Waals surface area contributed by atoms with E-state index in [-0.39, 0.29) is 0 Å². The summed E-state index contributed by atoms with van der Waals surface area (Å²) in [6, 6.07) is -1.21. The number of hydrazine groups is 1.